The van der Waals surface area contributed by atoms with Crippen LogP contribution in [0.3, 0.4) is 0 Å². The molecule has 0 saturated carbocycles. The van der Waals surface area contributed by atoms with Crippen LogP contribution >= 0.6 is 34.8 Å². The molecule has 192 valence electrons. The van der Waals surface area contributed by atoms with Crippen molar-refractivity contribution in [1.29, 1.82) is 0 Å². The molecule has 0 aliphatic rings. The average molecular weight is 563 g/mol. The summed E-state index contributed by atoms with van der Waals surface area (Å²) in [6.45, 7) is 5.46. The molecule has 0 bridgehead atoms. The quantitative estimate of drug-likeness (QED) is 0.415. The smallest absolute Gasteiger partial charge is 0.244 e. The third kappa shape index (κ3) is 8.00. The zero-order valence-electron chi connectivity index (χ0n) is 20.1. The Morgan fingerprint density at radius 3 is 2.26 bits per heavy atom. The van der Waals surface area contributed by atoms with E-state index in [1.54, 1.807) is 50.2 Å². The molecule has 0 aromatic heterocycles. The second-order valence-electron chi connectivity index (χ2n) is 8.19. The van der Waals surface area contributed by atoms with Gasteiger partial charge in [-0.1, -0.05) is 54.7 Å². The fraction of sp³-hybridized carbons (Fsp3) is 0.417. The summed E-state index contributed by atoms with van der Waals surface area (Å²) in [5.74, 6) is -0.842. The van der Waals surface area contributed by atoms with Crippen molar-refractivity contribution in [3.8, 4) is 0 Å². The van der Waals surface area contributed by atoms with E-state index in [2.05, 4.69) is 5.32 Å². The molecule has 2 amide bonds. The first kappa shape index (κ1) is 29.2. The Hall–Kier alpha value is -2.00. The van der Waals surface area contributed by atoms with Gasteiger partial charge in [-0.15, -0.1) is 0 Å². The first-order chi connectivity index (χ1) is 16.4. The summed E-state index contributed by atoms with van der Waals surface area (Å²) < 4.78 is 26.4. The maximum atomic E-state index is 13.6. The van der Waals surface area contributed by atoms with Gasteiger partial charge in [-0.3, -0.25) is 13.9 Å². The zero-order valence-corrected chi connectivity index (χ0v) is 23.2. The van der Waals surface area contributed by atoms with Crippen LogP contribution in [0.25, 0.3) is 0 Å². The summed E-state index contributed by atoms with van der Waals surface area (Å²) in [6.07, 6.45) is 2.10. The van der Waals surface area contributed by atoms with Crippen LogP contribution in [0, 0.1) is 6.92 Å². The third-order valence-corrected chi connectivity index (χ3v) is 7.48. The molecule has 7 nitrogen and oxygen atoms in total. The fourth-order valence-electron chi connectivity index (χ4n) is 3.61. The average Bonchev–Trinajstić information content (AvgIpc) is 2.77. The number of anilines is 1. The molecule has 0 spiro atoms. The number of amides is 2. The molecule has 2 aromatic carbocycles. The minimum atomic E-state index is -3.83. The standard InChI is InChI=1S/C24H30Cl3N3O4S/c1-5-11-28-24(32)21(6-2)29(14-17-7-9-19(26)20(27)13-17)23(31)15-30(35(4,33)34)22-10-8-18(25)12-16(22)3/h7-10,12-13,21H,5-6,11,14-15H2,1-4H3,(H,28,32). The van der Waals surface area contributed by atoms with E-state index in [0.29, 0.717) is 44.8 Å². The van der Waals surface area contributed by atoms with Crippen molar-refractivity contribution < 1.29 is 18.0 Å². The molecule has 0 fully saturated rings. The van der Waals surface area contributed by atoms with Crippen molar-refractivity contribution in [3.05, 3.63) is 62.6 Å². The van der Waals surface area contributed by atoms with Gasteiger partial charge in [-0.25, -0.2) is 8.42 Å². The monoisotopic (exact) mass is 561 g/mol. The van der Waals surface area contributed by atoms with E-state index in [1.165, 1.54) is 4.90 Å². The topological polar surface area (TPSA) is 86.8 Å². The Kier molecular flexibility index (Phi) is 10.7. The summed E-state index contributed by atoms with van der Waals surface area (Å²) in [5.41, 5.74) is 1.59. The highest BCUT2D eigenvalue weighted by Crippen LogP contribution is 2.27. The van der Waals surface area contributed by atoms with Crippen LogP contribution in [-0.4, -0.2) is 50.5 Å². The van der Waals surface area contributed by atoms with Crippen LogP contribution < -0.4 is 9.62 Å². The molecule has 1 unspecified atom stereocenters. The van der Waals surface area contributed by atoms with Crippen LogP contribution in [0.2, 0.25) is 15.1 Å². The predicted molar refractivity (Wildman–Crippen MR) is 143 cm³/mol. The Balaban J connectivity index is 2.48. The van der Waals surface area contributed by atoms with Gasteiger partial charge < -0.3 is 10.2 Å². The summed E-state index contributed by atoms with van der Waals surface area (Å²) in [6, 6.07) is 8.88. The summed E-state index contributed by atoms with van der Waals surface area (Å²) in [5, 5.41) is 3.96. The lowest BCUT2D eigenvalue weighted by molar-refractivity contribution is -0.140. The van der Waals surface area contributed by atoms with E-state index in [9.17, 15) is 18.0 Å². The number of sulfonamides is 1. The third-order valence-electron chi connectivity index (χ3n) is 5.38. The predicted octanol–water partition coefficient (Wildman–Crippen LogP) is 5.05. The molecule has 1 N–H and O–H groups in total. The molecule has 35 heavy (non-hydrogen) atoms. The Morgan fingerprint density at radius 2 is 1.71 bits per heavy atom. The first-order valence-corrected chi connectivity index (χ1v) is 14.1. The van der Waals surface area contributed by atoms with Crippen molar-refractivity contribution in [3.63, 3.8) is 0 Å². The minimum Gasteiger partial charge on any atom is -0.354 e. The molecule has 0 heterocycles. The Morgan fingerprint density at radius 1 is 1.03 bits per heavy atom. The van der Waals surface area contributed by atoms with Crippen LogP contribution in [0.1, 0.15) is 37.8 Å². The lowest BCUT2D eigenvalue weighted by Gasteiger charge is -2.33. The van der Waals surface area contributed by atoms with Gasteiger partial charge >= 0.3 is 0 Å². The van der Waals surface area contributed by atoms with Crippen LogP contribution in [0.5, 0.6) is 0 Å². The number of hydrogen-bond donors (Lipinski definition) is 1. The van der Waals surface area contributed by atoms with Crippen molar-refractivity contribution in [1.82, 2.24) is 10.2 Å². The van der Waals surface area contributed by atoms with Gasteiger partial charge in [0, 0.05) is 18.1 Å². The molecule has 0 aliphatic carbocycles. The van der Waals surface area contributed by atoms with E-state index in [0.717, 1.165) is 17.0 Å². The number of carbonyl (C=O) groups is 2. The number of hydrogen-bond acceptors (Lipinski definition) is 4. The lowest BCUT2D eigenvalue weighted by atomic mass is 10.1. The second kappa shape index (κ2) is 12.8. The van der Waals surface area contributed by atoms with E-state index in [4.69, 9.17) is 34.8 Å². The Bertz CT molecular complexity index is 1170. The van der Waals surface area contributed by atoms with Gasteiger partial charge in [0.15, 0.2) is 0 Å². The van der Waals surface area contributed by atoms with Gasteiger partial charge in [-0.05, 0) is 61.2 Å². The highest BCUT2D eigenvalue weighted by molar-refractivity contribution is 7.92. The van der Waals surface area contributed by atoms with E-state index in [-0.39, 0.29) is 12.5 Å². The molecule has 2 rings (SSSR count). The maximum Gasteiger partial charge on any atom is 0.244 e. The molecule has 2 aromatic rings. The number of halogens is 3. The molecule has 0 saturated heterocycles. The highest BCUT2D eigenvalue weighted by Gasteiger charge is 2.32. The first-order valence-electron chi connectivity index (χ1n) is 11.1. The molecule has 1 atom stereocenters. The lowest BCUT2D eigenvalue weighted by Crippen LogP contribution is -2.52. The van der Waals surface area contributed by atoms with Gasteiger partial charge in [0.2, 0.25) is 21.8 Å². The van der Waals surface area contributed by atoms with Crippen LogP contribution in [0.15, 0.2) is 36.4 Å². The number of benzene rings is 2. The van der Waals surface area contributed by atoms with E-state index < -0.39 is 28.5 Å². The van der Waals surface area contributed by atoms with Crippen molar-refractivity contribution in [2.24, 2.45) is 0 Å². The largest absolute Gasteiger partial charge is 0.354 e. The summed E-state index contributed by atoms with van der Waals surface area (Å²) in [7, 11) is -3.83. The summed E-state index contributed by atoms with van der Waals surface area (Å²) >= 11 is 18.2. The number of aryl methyl sites for hydroxylation is 1. The van der Waals surface area contributed by atoms with Gasteiger partial charge in [0.05, 0.1) is 22.0 Å². The minimum absolute atomic E-state index is 0.0466. The van der Waals surface area contributed by atoms with E-state index in [1.807, 2.05) is 6.92 Å². The van der Waals surface area contributed by atoms with Crippen LogP contribution in [0.4, 0.5) is 5.69 Å². The Labute approximate surface area is 222 Å². The number of rotatable bonds is 11. The number of nitrogens with zero attached hydrogens (tertiary/aromatic N) is 2. The summed E-state index contributed by atoms with van der Waals surface area (Å²) in [4.78, 5) is 28.0. The highest BCUT2D eigenvalue weighted by atomic mass is 35.5. The maximum absolute atomic E-state index is 13.6. The normalized spacial score (nSPS) is 12.2. The number of nitrogens with one attached hydrogen (secondary N) is 1. The molecule has 0 radical (unpaired) electrons. The molecule has 11 heteroatoms. The molecular formula is C24H30Cl3N3O4S. The van der Waals surface area contributed by atoms with Crippen LogP contribution in [-0.2, 0) is 26.2 Å². The van der Waals surface area contributed by atoms with Crippen molar-refractivity contribution in [2.75, 3.05) is 23.7 Å². The van der Waals surface area contributed by atoms with Gasteiger partial charge in [0.1, 0.15) is 12.6 Å². The fourth-order valence-corrected chi connectivity index (χ4v) is 5.07. The molecular weight excluding hydrogens is 533 g/mol. The van der Waals surface area contributed by atoms with Gasteiger partial charge in [-0.2, -0.15) is 0 Å². The van der Waals surface area contributed by atoms with Crippen molar-refractivity contribution >= 4 is 62.3 Å². The number of carbonyl (C=O) groups excluding carboxylic acids is 2. The molecule has 0 aliphatic heterocycles. The van der Waals surface area contributed by atoms with Gasteiger partial charge in [0.25, 0.3) is 0 Å². The van der Waals surface area contributed by atoms with Crippen molar-refractivity contribution in [2.45, 2.75) is 46.2 Å². The SMILES string of the molecule is CCCNC(=O)C(CC)N(Cc1ccc(Cl)c(Cl)c1)C(=O)CN(c1ccc(Cl)cc1C)S(C)(=O)=O. The second-order valence-corrected chi connectivity index (χ2v) is 11.3. The zero-order chi connectivity index (χ0) is 26.3. The van der Waals surface area contributed by atoms with E-state index >= 15 is 0 Å².